The molecule has 2 aromatic carbocycles. The Labute approximate surface area is 175 Å². The SMILES string of the molecule is Cc1cc2oc3ccccc3c2cc1C1C=C(CC(C)C)C([Si](C)(C)C)=CN1C. The van der Waals surface area contributed by atoms with Crippen LogP contribution in [-0.2, 0) is 0 Å². The minimum Gasteiger partial charge on any atom is -0.456 e. The first kappa shape index (κ1) is 20.0. The number of hydrogen-bond donors (Lipinski definition) is 0. The van der Waals surface area contributed by atoms with Gasteiger partial charge in [0, 0.05) is 17.8 Å². The molecule has 152 valence electrons. The lowest BCUT2D eigenvalue weighted by molar-refractivity contribution is 0.382. The van der Waals surface area contributed by atoms with Gasteiger partial charge in [-0.2, -0.15) is 0 Å². The zero-order valence-corrected chi connectivity index (χ0v) is 19.8. The van der Waals surface area contributed by atoms with Crippen LogP contribution < -0.4 is 0 Å². The van der Waals surface area contributed by atoms with Crippen molar-refractivity contribution in [2.24, 2.45) is 5.92 Å². The van der Waals surface area contributed by atoms with Crippen molar-refractivity contribution in [3.8, 4) is 0 Å². The molecule has 2 nitrogen and oxygen atoms in total. The molecule has 2 heterocycles. The summed E-state index contributed by atoms with van der Waals surface area (Å²) in [5, 5.41) is 4.01. The minimum atomic E-state index is -1.41. The number of benzene rings is 2. The number of para-hydroxylation sites is 1. The second-order valence-electron chi connectivity index (χ2n) is 10.00. The molecule has 1 aromatic heterocycles. The molecule has 1 unspecified atom stereocenters. The summed E-state index contributed by atoms with van der Waals surface area (Å²) in [5.41, 5.74) is 6.17. The Morgan fingerprint density at radius 2 is 1.76 bits per heavy atom. The van der Waals surface area contributed by atoms with E-state index in [1.54, 1.807) is 10.8 Å². The smallest absolute Gasteiger partial charge is 0.135 e. The highest BCUT2D eigenvalue weighted by Crippen LogP contribution is 2.40. The lowest BCUT2D eigenvalue weighted by atomic mass is 9.92. The van der Waals surface area contributed by atoms with Gasteiger partial charge in [0.15, 0.2) is 0 Å². The molecule has 0 N–H and O–H groups in total. The van der Waals surface area contributed by atoms with Crippen LogP contribution in [-0.4, -0.2) is 20.0 Å². The monoisotopic (exact) mass is 403 g/mol. The van der Waals surface area contributed by atoms with E-state index in [9.17, 15) is 0 Å². The van der Waals surface area contributed by atoms with Gasteiger partial charge in [0.2, 0.25) is 0 Å². The molecule has 0 fully saturated rings. The highest BCUT2D eigenvalue weighted by molar-refractivity contribution is 6.84. The molecule has 0 radical (unpaired) electrons. The molecule has 0 spiro atoms. The van der Waals surface area contributed by atoms with Crippen LogP contribution in [0, 0.1) is 12.8 Å². The van der Waals surface area contributed by atoms with Crippen molar-refractivity contribution in [1.82, 2.24) is 4.90 Å². The van der Waals surface area contributed by atoms with Crippen molar-refractivity contribution in [2.75, 3.05) is 7.05 Å². The average Bonchev–Trinajstić information content (AvgIpc) is 2.98. The first-order valence-electron chi connectivity index (χ1n) is 10.7. The summed E-state index contributed by atoms with van der Waals surface area (Å²) in [7, 11) is 0.822. The van der Waals surface area contributed by atoms with Crippen LogP contribution >= 0.6 is 0 Å². The molecule has 1 aliphatic heterocycles. The zero-order valence-electron chi connectivity index (χ0n) is 18.8. The molecule has 0 aliphatic carbocycles. The van der Waals surface area contributed by atoms with Crippen LogP contribution in [0.15, 0.2) is 63.9 Å². The van der Waals surface area contributed by atoms with Crippen LogP contribution in [0.2, 0.25) is 19.6 Å². The summed E-state index contributed by atoms with van der Waals surface area (Å²) in [5.74, 6) is 0.659. The fourth-order valence-corrected chi connectivity index (χ4v) is 6.32. The fraction of sp³-hybridized carbons (Fsp3) is 0.385. The molecule has 0 saturated heterocycles. The summed E-state index contributed by atoms with van der Waals surface area (Å²) in [6, 6.07) is 13.2. The van der Waals surface area contributed by atoms with Gasteiger partial charge >= 0.3 is 0 Å². The molecule has 0 bridgehead atoms. The number of fused-ring (bicyclic) bond motifs is 3. The van der Waals surface area contributed by atoms with Gasteiger partial charge in [0.25, 0.3) is 0 Å². The zero-order chi connectivity index (χ0) is 20.9. The van der Waals surface area contributed by atoms with Gasteiger partial charge in [-0.3, -0.25) is 0 Å². The van der Waals surface area contributed by atoms with Gasteiger partial charge in [-0.15, -0.1) is 0 Å². The molecule has 1 atom stereocenters. The first-order chi connectivity index (χ1) is 13.6. The van der Waals surface area contributed by atoms with E-state index in [1.165, 1.54) is 21.9 Å². The van der Waals surface area contributed by atoms with Crippen molar-refractivity contribution in [3.63, 3.8) is 0 Å². The van der Waals surface area contributed by atoms with Crippen LogP contribution in [0.25, 0.3) is 21.9 Å². The predicted octanol–water partition coefficient (Wildman–Crippen LogP) is 7.61. The Kier molecular flexibility index (Phi) is 4.98. The number of likely N-dealkylation sites (N-methyl/N-ethyl adjacent to an activating group) is 1. The summed E-state index contributed by atoms with van der Waals surface area (Å²) < 4.78 is 6.10. The number of rotatable bonds is 4. The summed E-state index contributed by atoms with van der Waals surface area (Å²) in [6.45, 7) is 14.2. The van der Waals surface area contributed by atoms with E-state index >= 15 is 0 Å². The quantitative estimate of drug-likeness (QED) is 0.417. The highest BCUT2D eigenvalue weighted by Gasteiger charge is 2.30. The maximum atomic E-state index is 6.10. The molecule has 0 amide bonds. The molecule has 1 aliphatic rings. The number of furan rings is 1. The summed E-state index contributed by atoms with van der Waals surface area (Å²) in [6.07, 6.45) is 6.12. The Balaban J connectivity index is 1.86. The number of nitrogens with zero attached hydrogens (tertiary/aromatic N) is 1. The van der Waals surface area contributed by atoms with Crippen molar-refractivity contribution in [3.05, 3.63) is 70.6 Å². The molecule has 3 aromatic rings. The van der Waals surface area contributed by atoms with E-state index < -0.39 is 8.07 Å². The fourth-order valence-electron chi connectivity index (χ4n) is 4.58. The van der Waals surface area contributed by atoms with Gasteiger partial charge in [-0.05, 0) is 65.6 Å². The molecule has 0 saturated carbocycles. The molecular formula is C26H33NOSi. The third kappa shape index (κ3) is 3.68. The van der Waals surface area contributed by atoms with Crippen molar-refractivity contribution >= 4 is 30.0 Å². The standard InChI is InChI=1S/C26H33NOSi/c1-17(2)12-19-14-23(27(4)16-26(19)29(5,6)7)21-15-22-20-10-8-9-11-24(20)28-25(22)13-18(21)3/h8-11,13-17,23H,12H2,1-7H3. The summed E-state index contributed by atoms with van der Waals surface area (Å²) in [4.78, 5) is 2.41. The van der Waals surface area contributed by atoms with E-state index in [-0.39, 0.29) is 6.04 Å². The normalized spacial score (nSPS) is 17.9. The van der Waals surface area contributed by atoms with Gasteiger partial charge in [-0.1, -0.05) is 57.8 Å². The lowest BCUT2D eigenvalue weighted by Gasteiger charge is -2.37. The van der Waals surface area contributed by atoms with E-state index in [2.05, 4.69) is 95.0 Å². The highest BCUT2D eigenvalue weighted by atomic mass is 28.3. The predicted molar refractivity (Wildman–Crippen MR) is 128 cm³/mol. The Morgan fingerprint density at radius 1 is 1.03 bits per heavy atom. The Morgan fingerprint density at radius 3 is 2.45 bits per heavy atom. The average molecular weight is 404 g/mol. The van der Waals surface area contributed by atoms with E-state index in [0.29, 0.717) is 5.92 Å². The van der Waals surface area contributed by atoms with Crippen LogP contribution in [0.1, 0.15) is 37.4 Å². The number of hydrogen-bond acceptors (Lipinski definition) is 2. The number of allylic oxidation sites excluding steroid dienone is 2. The molecule has 3 heteroatoms. The minimum absolute atomic E-state index is 0.266. The van der Waals surface area contributed by atoms with Crippen molar-refractivity contribution < 1.29 is 4.42 Å². The largest absolute Gasteiger partial charge is 0.456 e. The van der Waals surface area contributed by atoms with Crippen LogP contribution in [0.4, 0.5) is 0 Å². The van der Waals surface area contributed by atoms with Gasteiger partial charge in [0.1, 0.15) is 11.2 Å². The van der Waals surface area contributed by atoms with Crippen molar-refractivity contribution in [1.29, 1.82) is 0 Å². The molecular weight excluding hydrogens is 370 g/mol. The summed E-state index contributed by atoms with van der Waals surface area (Å²) >= 11 is 0. The topological polar surface area (TPSA) is 16.4 Å². The Bertz CT molecular complexity index is 1130. The molecule has 4 rings (SSSR count). The van der Waals surface area contributed by atoms with Crippen LogP contribution in [0.3, 0.4) is 0 Å². The van der Waals surface area contributed by atoms with E-state index in [0.717, 1.165) is 17.6 Å². The van der Waals surface area contributed by atoms with Gasteiger partial charge in [0.05, 0.1) is 14.1 Å². The third-order valence-corrected chi connectivity index (χ3v) is 8.06. The van der Waals surface area contributed by atoms with Crippen molar-refractivity contribution in [2.45, 2.75) is 52.9 Å². The second-order valence-corrected chi connectivity index (χ2v) is 15.0. The van der Waals surface area contributed by atoms with Gasteiger partial charge < -0.3 is 9.32 Å². The van der Waals surface area contributed by atoms with Crippen LogP contribution in [0.5, 0.6) is 0 Å². The second kappa shape index (κ2) is 7.21. The Hall–Kier alpha value is -2.26. The lowest BCUT2D eigenvalue weighted by Crippen LogP contribution is -2.32. The van der Waals surface area contributed by atoms with E-state index in [4.69, 9.17) is 4.42 Å². The molecule has 29 heavy (non-hydrogen) atoms. The first-order valence-corrected chi connectivity index (χ1v) is 14.2. The van der Waals surface area contributed by atoms with Gasteiger partial charge in [-0.25, -0.2) is 0 Å². The maximum absolute atomic E-state index is 6.10. The third-order valence-electron chi connectivity index (χ3n) is 6.00. The number of aryl methyl sites for hydroxylation is 1. The van der Waals surface area contributed by atoms with E-state index in [1.807, 2.05) is 6.07 Å². The maximum Gasteiger partial charge on any atom is 0.135 e.